The van der Waals surface area contributed by atoms with E-state index in [0.29, 0.717) is 17.6 Å². The molecule has 1 N–H and O–H groups in total. The second-order valence-electron chi connectivity index (χ2n) is 6.59. The summed E-state index contributed by atoms with van der Waals surface area (Å²) in [6.45, 7) is 0.344. The van der Waals surface area contributed by atoms with Crippen LogP contribution in [0.15, 0.2) is 53.5 Å². The minimum Gasteiger partial charge on any atom is -0.497 e. The van der Waals surface area contributed by atoms with Crippen molar-refractivity contribution < 1.29 is 9.53 Å². The second kappa shape index (κ2) is 6.84. The van der Waals surface area contributed by atoms with Crippen molar-refractivity contribution in [2.75, 3.05) is 14.2 Å². The number of nitrogens with zero attached hydrogens (tertiary/aromatic N) is 3. The number of rotatable bonds is 4. The third-order valence-electron chi connectivity index (χ3n) is 4.96. The third-order valence-corrected chi connectivity index (χ3v) is 4.96. The molecule has 7 heteroatoms. The molecular weight excluding hydrogens is 356 g/mol. The molecule has 0 saturated carbocycles. The zero-order chi connectivity index (χ0) is 19.8. The van der Waals surface area contributed by atoms with Crippen molar-refractivity contribution in [1.29, 1.82) is 0 Å². The predicted molar refractivity (Wildman–Crippen MR) is 108 cm³/mol. The highest BCUT2D eigenvalue weighted by atomic mass is 16.5. The number of carbonyl (C=O) groups excluding carboxylic acids is 1. The van der Waals surface area contributed by atoms with E-state index in [1.165, 1.54) is 4.68 Å². The summed E-state index contributed by atoms with van der Waals surface area (Å²) in [6, 6.07) is 13.0. The van der Waals surface area contributed by atoms with Crippen molar-refractivity contribution in [3.63, 3.8) is 0 Å². The van der Waals surface area contributed by atoms with Gasteiger partial charge in [-0.25, -0.2) is 4.68 Å². The van der Waals surface area contributed by atoms with E-state index >= 15 is 0 Å². The van der Waals surface area contributed by atoms with Gasteiger partial charge in [-0.1, -0.05) is 12.1 Å². The van der Waals surface area contributed by atoms with E-state index < -0.39 is 0 Å². The smallest absolute Gasteiger partial charge is 0.291 e. The average Bonchev–Trinajstić information content (AvgIpc) is 3.01. The number of hydrogen-bond donors (Lipinski definition) is 1. The van der Waals surface area contributed by atoms with Gasteiger partial charge in [0.25, 0.3) is 11.5 Å². The first kappa shape index (κ1) is 17.8. The average molecular weight is 376 g/mol. The molecule has 0 spiro atoms. The fourth-order valence-electron chi connectivity index (χ4n) is 3.51. The van der Waals surface area contributed by atoms with Gasteiger partial charge in [-0.15, -0.1) is 0 Å². The molecule has 0 aliphatic rings. The van der Waals surface area contributed by atoms with Gasteiger partial charge in [-0.2, -0.15) is 5.10 Å². The molecule has 0 fully saturated rings. The topological polar surface area (TPSA) is 78.2 Å². The molecule has 0 aliphatic heterocycles. The van der Waals surface area contributed by atoms with Gasteiger partial charge in [0, 0.05) is 35.9 Å². The van der Waals surface area contributed by atoms with Gasteiger partial charge in [-0.05, 0) is 35.9 Å². The molecular formula is C21H20N4O3. The highest BCUT2D eigenvalue weighted by Gasteiger charge is 2.16. The van der Waals surface area contributed by atoms with Crippen molar-refractivity contribution in [1.82, 2.24) is 19.7 Å². The molecule has 2 aromatic carbocycles. The summed E-state index contributed by atoms with van der Waals surface area (Å²) < 4.78 is 8.54. The van der Waals surface area contributed by atoms with Gasteiger partial charge in [-0.3, -0.25) is 9.59 Å². The van der Waals surface area contributed by atoms with E-state index in [0.717, 1.165) is 27.6 Å². The molecule has 0 saturated heterocycles. The summed E-state index contributed by atoms with van der Waals surface area (Å²) >= 11 is 0. The number of fused-ring (bicyclic) bond motifs is 3. The van der Waals surface area contributed by atoms with Crippen LogP contribution in [0.3, 0.4) is 0 Å². The zero-order valence-corrected chi connectivity index (χ0v) is 15.9. The predicted octanol–water partition coefficient (Wildman–Crippen LogP) is 2.30. The first-order valence-corrected chi connectivity index (χ1v) is 8.86. The second-order valence-corrected chi connectivity index (χ2v) is 6.59. The first-order valence-electron chi connectivity index (χ1n) is 8.86. The molecule has 1 amide bonds. The lowest BCUT2D eigenvalue weighted by molar-refractivity contribution is 0.0963. The van der Waals surface area contributed by atoms with Crippen LogP contribution in [0.5, 0.6) is 5.75 Å². The number of ether oxygens (including phenoxy) is 1. The van der Waals surface area contributed by atoms with Crippen LogP contribution in [0.25, 0.3) is 21.8 Å². The standard InChI is InChI=1S/C21H20N4O3/c1-22-20(26)14-7-8-18-16(10-14)17-11-23-25(21(27)19(17)24(18)2)12-13-5-4-6-15(9-13)28-3/h4-11H,12H2,1-3H3,(H,22,26). The van der Waals surface area contributed by atoms with Crippen LogP contribution in [0.2, 0.25) is 0 Å². The number of nitrogens with one attached hydrogen (secondary N) is 1. The van der Waals surface area contributed by atoms with Gasteiger partial charge in [0.2, 0.25) is 0 Å². The van der Waals surface area contributed by atoms with E-state index in [-0.39, 0.29) is 11.5 Å². The molecule has 0 bridgehead atoms. The Morgan fingerprint density at radius 1 is 1.18 bits per heavy atom. The van der Waals surface area contributed by atoms with Crippen LogP contribution in [-0.2, 0) is 13.6 Å². The van der Waals surface area contributed by atoms with Crippen LogP contribution < -0.4 is 15.6 Å². The molecule has 0 unspecified atom stereocenters. The van der Waals surface area contributed by atoms with Crippen LogP contribution in [0.1, 0.15) is 15.9 Å². The summed E-state index contributed by atoms with van der Waals surface area (Å²) in [5.41, 5.74) is 2.72. The van der Waals surface area contributed by atoms with Crippen molar-refractivity contribution in [3.05, 3.63) is 70.1 Å². The first-order chi connectivity index (χ1) is 13.5. The molecule has 28 heavy (non-hydrogen) atoms. The van der Waals surface area contributed by atoms with Crippen LogP contribution >= 0.6 is 0 Å². The summed E-state index contributed by atoms with van der Waals surface area (Å²) in [5.74, 6) is 0.566. The molecule has 2 heterocycles. The molecule has 7 nitrogen and oxygen atoms in total. The molecule has 0 atom stereocenters. The van der Waals surface area contributed by atoms with E-state index in [4.69, 9.17) is 4.74 Å². The van der Waals surface area contributed by atoms with E-state index in [9.17, 15) is 9.59 Å². The maximum atomic E-state index is 13.1. The maximum Gasteiger partial charge on any atom is 0.291 e. The summed E-state index contributed by atoms with van der Waals surface area (Å²) in [4.78, 5) is 25.1. The number of hydrogen-bond acceptors (Lipinski definition) is 4. The Balaban J connectivity index is 1.86. The van der Waals surface area contributed by atoms with E-state index in [2.05, 4.69) is 10.4 Å². The number of aryl methyl sites for hydroxylation is 1. The highest BCUT2D eigenvalue weighted by molar-refractivity contribution is 6.10. The Kier molecular flexibility index (Phi) is 4.35. The highest BCUT2D eigenvalue weighted by Crippen LogP contribution is 2.26. The van der Waals surface area contributed by atoms with Gasteiger partial charge in [0.15, 0.2) is 0 Å². The minimum absolute atomic E-state index is 0.168. The molecule has 0 radical (unpaired) electrons. The van der Waals surface area contributed by atoms with Crippen molar-refractivity contribution in [3.8, 4) is 5.75 Å². The zero-order valence-electron chi connectivity index (χ0n) is 15.9. The number of carbonyl (C=O) groups is 1. The van der Waals surface area contributed by atoms with Gasteiger partial charge in [0.05, 0.1) is 19.9 Å². The van der Waals surface area contributed by atoms with Gasteiger partial charge < -0.3 is 14.6 Å². The summed E-state index contributed by atoms with van der Waals surface area (Å²) in [7, 11) is 5.05. The van der Waals surface area contributed by atoms with Crippen molar-refractivity contribution in [2.45, 2.75) is 6.54 Å². The Hall–Kier alpha value is -3.61. The van der Waals surface area contributed by atoms with Crippen LogP contribution in [-0.4, -0.2) is 34.4 Å². The largest absolute Gasteiger partial charge is 0.497 e. The summed E-state index contributed by atoms with van der Waals surface area (Å²) in [6.07, 6.45) is 1.69. The maximum absolute atomic E-state index is 13.1. The third kappa shape index (κ3) is 2.81. The van der Waals surface area contributed by atoms with Crippen molar-refractivity contribution >= 4 is 27.7 Å². The van der Waals surface area contributed by atoms with Crippen LogP contribution in [0, 0.1) is 0 Å². The van der Waals surface area contributed by atoms with Gasteiger partial charge in [0.1, 0.15) is 11.3 Å². The molecule has 4 aromatic rings. The van der Waals surface area contributed by atoms with Crippen molar-refractivity contribution in [2.24, 2.45) is 7.05 Å². The normalized spacial score (nSPS) is 11.1. The van der Waals surface area contributed by atoms with E-state index in [1.54, 1.807) is 32.5 Å². The molecule has 0 aliphatic carbocycles. The molecule has 142 valence electrons. The Labute approximate surface area is 161 Å². The lowest BCUT2D eigenvalue weighted by Gasteiger charge is -2.07. The molecule has 4 rings (SSSR count). The van der Waals surface area contributed by atoms with Crippen LogP contribution in [0.4, 0.5) is 0 Å². The lowest BCUT2D eigenvalue weighted by atomic mass is 10.1. The quantitative estimate of drug-likeness (QED) is 0.593. The number of methoxy groups -OCH3 is 1. The fourth-order valence-corrected chi connectivity index (χ4v) is 3.51. The number of amides is 1. The monoisotopic (exact) mass is 376 g/mol. The van der Waals surface area contributed by atoms with E-state index in [1.807, 2.05) is 41.9 Å². The number of aromatic nitrogens is 3. The molecule has 2 aromatic heterocycles. The minimum atomic E-state index is -0.180. The Morgan fingerprint density at radius 2 is 2.00 bits per heavy atom. The number of benzene rings is 2. The SMILES string of the molecule is CNC(=O)c1ccc2c(c1)c1cnn(Cc3cccc(OC)c3)c(=O)c1n2C. The Morgan fingerprint density at radius 3 is 2.75 bits per heavy atom. The Bertz CT molecular complexity index is 1270. The lowest BCUT2D eigenvalue weighted by Crippen LogP contribution is -2.24. The van der Waals surface area contributed by atoms with Gasteiger partial charge >= 0.3 is 0 Å². The fraction of sp³-hybridized carbons (Fsp3) is 0.190. The summed E-state index contributed by atoms with van der Waals surface area (Å²) in [5, 5.41) is 8.55.